The number of aromatic nitrogens is 2. The lowest BCUT2D eigenvalue weighted by Gasteiger charge is -2.27. The summed E-state index contributed by atoms with van der Waals surface area (Å²) in [6, 6.07) is 0. The van der Waals surface area contributed by atoms with E-state index in [0.717, 1.165) is 42.6 Å². The van der Waals surface area contributed by atoms with E-state index in [1.54, 1.807) is 0 Å². The molecule has 2 unspecified atom stereocenters. The van der Waals surface area contributed by atoms with Crippen molar-refractivity contribution in [1.29, 1.82) is 0 Å². The number of rotatable bonds is 4. The summed E-state index contributed by atoms with van der Waals surface area (Å²) in [5, 5.41) is 4.62. The molecule has 18 heavy (non-hydrogen) atoms. The van der Waals surface area contributed by atoms with E-state index in [1.807, 2.05) is 0 Å². The number of nitrogens with two attached hydrogens (primary N) is 1. The minimum atomic E-state index is -0.263. The molecule has 2 atom stereocenters. The highest BCUT2D eigenvalue weighted by molar-refractivity contribution is 9.10. The van der Waals surface area contributed by atoms with E-state index >= 15 is 0 Å². The van der Waals surface area contributed by atoms with Gasteiger partial charge in [-0.2, -0.15) is 5.10 Å². The van der Waals surface area contributed by atoms with Crippen LogP contribution in [0.2, 0.25) is 0 Å². The van der Waals surface area contributed by atoms with Gasteiger partial charge in [-0.25, -0.2) is 0 Å². The Kier molecular flexibility index (Phi) is 4.14. The lowest BCUT2D eigenvalue weighted by atomic mass is 9.88. The third kappa shape index (κ3) is 2.36. The molecule has 2 heterocycles. The minimum absolute atomic E-state index is 0.106. The van der Waals surface area contributed by atoms with E-state index in [0.29, 0.717) is 0 Å². The molecule has 1 aliphatic heterocycles. The quantitative estimate of drug-likeness (QED) is 0.927. The van der Waals surface area contributed by atoms with Crippen LogP contribution < -0.4 is 5.73 Å². The summed E-state index contributed by atoms with van der Waals surface area (Å²) < 4.78 is 8.80. The first-order valence-corrected chi connectivity index (χ1v) is 7.45. The topological polar surface area (TPSA) is 53.1 Å². The molecule has 1 fully saturated rings. The van der Waals surface area contributed by atoms with Crippen LogP contribution in [0.5, 0.6) is 0 Å². The summed E-state index contributed by atoms with van der Waals surface area (Å²) in [5.41, 5.74) is 8.54. The first kappa shape index (κ1) is 14.0. The van der Waals surface area contributed by atoms with Crippen LogP contribution in [-0.2, 0) is 24.1 Å². The molecule has 0 aliphatic carbocycles. The predicted molar refractivity (Wildman–Crippen MR) is 75.6 cm³/mol. The Morgan fingerprint density at radius 3 is 2.78 bits per heavy atom. The average molecular weight is 316 g/mol. The molecule has 2 N–H and O–H groups in total. The zero-order valence-electron chi connectivity index (χ0n) is 11.4. The lowest BCUT2D eigenvalue weighted by Crippen LogP contribution is -2.48. The Morgan fingerprint density at radius 2 is 2.28 bits per heavy atom. The number of aryl methyl sites for hydroxylation is 2. The third-order valence-corrected chi connectivity index (χ3v) is 4.85. The number of nitrogens with zero attached hydrogens (tertiary/aromatic N) is 2. The van der Waals surface area contributed by atoms with Gasteiger partial charge in [-0.3, -0.25) is 4.68 Å². The second kappa shape index (κ2) is 5.31. The van der Waals surface area contributed by atoms with E-state index in [2.05, 4.69) is 46.5 Å². The SMILES string of the molecule is CCc1nn(CC)c(CC2(N)CCOC2C)c1Br. The second-order valence-corrected chi connectivity index (χ2v) is 5.84. The maximum absolute atomic E-state index is 6.49. The van der Waals surface area contributed by atoms with Crippen LogP contribution >= 0.6 is 15.9 Å². The summed E-state index contributed by atoms with van der Waals surface area (Å²) in [7, 11) is 0. The summed E-state index contributed by atoms with van der Waals surface area (Å²) >= 11 is 3.67. The summed E-state index contributed by atoms with van der Waals surface area (Å²) in [5.74, 6) is 0. The third-order valence-electron chi connectivity index (χ3n) is 3.94. The number of ether oxygens (including phenoxy) is 1. The van der Waals surface area contributed by atoms with Crippen molar-refractivity contribution in [3.63, 3.8) is 0 Å². The lowest BCUT2D eigenvalue weighted by molar-refractivity contribution is 0.0948. The van der Waals surface area contributed by atoms with Gasteiger partial charge in [0, 0.05) is 25.1 Å². The fraction of sp³-hybridized carbons (Fsp3) is 0.769. The van der Waals surface area contributed by atoms with E-state index < -0.39 is 0 Å². The molecule has 1 aliphatic rings. The molecule has 5 heteroatoms. The van der Waals surface area contributed by atoms with Crippen LogP contribution in [0.4, 0.5) is 0 Å². The fourth-order valence-electron chi connectivity index (χ4n) is 2.52. The smallest absolute Gasteiger partial charge is 0.0766 e. The molecule has 0 bridgehead atoms. The first-order chi connectivity index (χ1) is 8.51. The van der Waals surface area contributed by atoms with Crippen LogP contribution in [-0.4, -0.2) is 28.0 Å². The van der Waals surface area contributed by atoms with E-state index in [9.17, 15) is 0 Å². The van der Waals surface area contributed by atoms with Gasteiger partial charge in [0.25, 0.3) is 0 Å². The van der Waals surface area contributed by atoms with Crippen molar-refractivity contribution in [2.45, 2.75) is 58.2 Å². The Balaban J connectivity index is 2.30. The molecule has 0 spiro atoms. The fourth-order valence-corrected chi connectivity index (χ4v) is 3.23. The molecule has 1 saturated heterocycles. The van der Waals surface area contributed by atoms with Gasteiger partial charge < -0.3 is 10.5 Å². The summed E-state index contributed by atoms with van der Waals surface area (Å²) in [6.45, 7) is 7.93. The van der Waals surface area contributed by atoms with Crippen molar-refractivity contribution < 1.29 is 4.74 Å². The van der Waals surface area contributed by atoms with Gasteiger partial charge in [0.2, 0.25) is 0 Å². The van der Waals surface area contributed by atoms with Crippen molar-refractivity contribution in [2.24, 2.45) is 5.73 Å². The molecule has 102 valence electrons. The summed E-state index contributed by atoms with van der Waals surface area (Å²) in [6.07, 6.45) is 2.77. The highest BCUT2D eigenvalue weighted by Gasteiger charge is 2.39. The van der Waals surface area contributed by atoms with Crippen LogP contribution in [0.15, 0.2) is 4.47 Å². The molecule has 0 amide bonds. The van der Waals surface area contributed by atoms with Gasteiger partial charge >= 0.3 is 0 Å². The Labute approximate surface area is 117 Å². The first-order valence-electron chi connectivity index (χ1n) is 6.66. The second-order valence-electron chi connectivity index (χ2n) is 5.05. The van der Waals surface area contributed by atoms with Gasteiger partial charge in [0.05, 0.1) is 22.0 Å². The number of halogens is 1. The van der Waals surface area contributed by atoms with Crippen molar-refractivity contribution in [2.75, 3.05) is 6.61 Å². The molecule has 2 rings (SSSR count). The molecule has 4 nitrogen and oxygen atoms in total. The Morgan fingerprint density at radius 1 is 1.56 bits per heavy atom. The maximum atomic E-state index is 6.49. The molecular formula is C13H22BrN3O. The van der Waals surface area contributed by atoms with Crippen molar-refractivity contribution in [1.82, 2.24) is 9.78 Å². The van der Waals surface area contributed by atoms with Gasteiger partial charge in [0.15, 0.2) is 0 Å². The van der Waals surface area contributed by atoms with Gasteiger partial charge in [-0.1, -0.05) is 6.92 Å². The molecule has 1 aromatic heterocycles. The Hall–Kier alpha value is -0.390. The van der Waals surface area contributed by atoms with Crippen LogP contribution in [0.3, 0.4) is 0 Å². The van der Waals surface area contributed by atoms with Crippen LogP contribution in [0, 0.1) is 0 Å². The molecule has 1 aromatic rings. The summed E-state index contributed by atoms with van der Waals surface area (Å²) in [4.78, 5) is 0. The zero-order valence-corrected chi connectivity index (χ0v) is 13.0. The van der Waals surface area contributed by atoms with E-state index in [-0.39, 0.29) is 11.6 Å². The van der Waals surface area contributed by atoms with Gasteiger partial charge in [0.1, 0.15) is 0 Å². The van der Waals surface area contributed by atoms with Crippen LogP contribution in [0.25, 0.3) is 0 Å². The van der Waals surface area contributed by atoms with Crippen molar-refractivity contribution >= 4 is 15.9 Å². The average Bonchev–Trinajstić information content (AvgIpc) is 2.83. The maximum Gasteiger partial charge on any atom is 0.0766 e. The monoisotopic (exact) mass is 315 g/mol. The number of hydrogen-bond donors (Lipinski definition) is 1. The largest absolute Gasteiger partial charge is 0.377 e. The van der Waals surface area contributed by atoms with Crippen molar-refractivity contribution in [3.8, 4) is 0 Å². The highest BCUT2D eigenvalue weighted by atomic mass is 79.9. The molecular weight excluding hydrogens is 294 g/mol. The molecule has 0 aromatic carbocycles. The Bertz CT molecular complexity index is 432. The number of hydrogen-bond acceptors (Lipinski definition) is 3. The van der Waals surface area contributed by atoms with Gasteiger partial charge in [-0.05, 0) is 42.6 Å². The minimum Gasteiger partial charge on any atom is -0.377 e. The zero-order chi connectivity index (χ0) is 13.3. The molecule has 0 radical (unpaired) electrons. The normalized spacial score (nSPS) is 27.9. The van der Waals surface area contributed by atoms with Crippen LogP contribution in [0.1, 0.15) is 38.6 Å². The van der Waals surface area contributed by atoms with E-state index in [4.69, 9.17) is 10.5 Å². The molecule has 0 saturated carbocycles. The highest BCUT2D eigenvalue weighted by Crippen LogP contribution is 2.31. The van der Waals surface area contributed by atoms with E-state index in [1.165, 1.54) is 5.69 Å². The van der Waals surface area contributed by atoms with Crippen molar-refractivity contribution in [3.05, 3.63) is 15.9 Å². The standard InChI is InChI=1S/C13H22BrN3O/c1-4-10-12(14)11(17(5-2)16-10)8-13(15)6-7-18-9(13)3/h9H,4-8,15H2,1-3H3. The predicted octanol–water partition coefficient (Wildman–Crippen LogP) is 2.28. The van der Waals surface area contributed by atoms with Gasteiger partial charge in [-0.15, -0.1) is 0 Å².